The zero-order chi connectivity index (χ0) is 18.3. The number of nitrogens with two attached hydrogens (primary N) is 1. The van der Waals surface area contributed by atoms with Crippen LogP contribution in [0.4, 0.5) is 0 Å². The quantitative estimate of drug-likeness (QED) is 0.827. The molecule has 5 heteroatoms. The highest BCUT2D eigenvalue weighted by Crippen LogP contribution is 2.45. The van der Waals surface area contributed by atoms with Gasteiger partial charge in [0.1, 0.15) is 12.1 Å². The molecule has 3 N–H and O–H groups in total. The summed E-state index contributed by atoms with van der Waals surface area (Å²) in [6.07, 6.45) is 1.38. The summed E-state index contributed by atoms with van der Waals surface area (Å²) < 4.78 is 5.58. The molecule has 0 aromatic heterocycles. The lowest BCUT2D eigenvalue weighted by Crippen LogP contribution is -2.54. The molecule has 0 heterocycles. The lowest BCUT2D eigenvalue weighted by atomic mass is 9.88. The Bertz CT molecular complexity index is 832. The number of hydrogen-bond donors (Lipinski definition) is 2. The maximum atomic E-state index is 12.7. The minimum atomic E-state index is -1.43. The summed E-state index contributed by atoms with van der Waals surface area (Å²) in [5, 5.41) is 9.35. The number of esters is 1. The molecule has 5 nitrogen and oxygen atoms in total. The summed E-state index contributed by atoms with van der Waals surface area (Å²) in [6.45, 7) is 0.165. The Labute approximate surface area is 151 Å². The van der Waals surface area contributed by atoms with Gasteiger partial charge in [0.25, 0.3) is 0 Å². The number of ether oxygens (including phenoxy) is 1. The first-order valence-electron chi connectivity index (χ1n) is 8.89. The summed E-state index contributed by atoms with van der Waals surface area (Å²) in [5.41, 5.74) is 9.28. The van der Waals surface area contributed by atoms with Gasteiger partial charge in [0.15, 0.2) is 0 Å². The van der Waals surface area contributed by atoms with Crippen molar-refractivity contribution in [3.63, 3.8) is 0 Å². The van der Waals surface area contributed by atoms with Crippen LogP contribution in [0.5, 0.6) is 0 Å². The van der Waals surface area contributed by atoms with Gasteiger partial charge < -0.3 is 15.6 Å². The summed E-state index contributed by atoms with van der Waals surface area (Å²) >= 11 is 0. The van der Waals surface area contributed by atoms with Crippen LogP contribution in [-0.2, 0) is 14.3 Å². The number of benzene rings is 2. The largest absolute Gasteiger partial charge is 0.481 e. The Morgan fingerprint density at radius 3 is 2.23 bits per heavy atom. The topological polar surface area (TPSA) is 89.6 Å². The van der Waals surface area contributed by atoms with Crippen LogP contribution >= 0.6 is 0 Å². The number of carbonyl (C=O) groups is 2. The number of aliphatic carboxylic acids is 1. The van der Waals surface area contributed by atoms with Gasteiger partial charge in [-0.1, -0.05) is 55.0 Å². The third-order valence-electron chi connectivity index (χ3n) is 5.73. The molecule has 2 aromatic rings. The van der Waals surface area contributed by atoms with Crippen molar-refractivity contribution in [1.29, 1.82) is 0 Å². The van der Waals surface area contributed by atoms with Crippen molar-refractivity contribution in [2.75, 3.05) is 6.61 Å². The Morgan fingerprint density at radius 1 is 1.08 bits per heavy atom. The highest BCUT2D eigenvalue weighted by atomic mass is 16.5. The molecule has 0 bridgehead atoms. The van der Waals surface area contributed by atoms with E-state index in [1.807, 2.05) is 36.4 Å². The first-order valence-corrected chi connectivity index (χ1v) is 8.89. The van der Waals surface area contributed by atoms with Crippen LogP contribution in [0.25, 0.3) is 11.1 Å². The summed E-state index contributed by atoms with van der Waals surface area (Å²) in [7, 11) is 0. The van der Waals surface area contributed by atoms with Gasteiger partial charge in [-0.05, 0) is 35.1 Å². The fourth-order valence-electron chi connectivity index (χ4n) is 4.35. The molecule has 2 atom stereocenters. The van der Waals surface area contributed by atoms with Crippen molar-refractivity contribution in [3.8, 4) is 11.1 Å². The van der Waals surface area contributed by atoms with Crippen LogP contribution in [-0.4, -0.2) is 29.2 Å². The Morgan fingerprint density at radius 2 is 1.65 bits per heavy atom. The van der Waals surface area contributed by atoms with Crippen molar-refractivity contribution >= 4 is 11.9 Å². The first-order chi connectivity index (χ1) is 12.5. The lowest BCUT2D eigenvalue weighted by molar-refractivity contribution is -0.158. The van der Waals surface area contributed by atoms with Crippen LogP contribution in [0, 0.1) is 5.92 Å². The zero-order valence-electron chi connectivity index (χ0n) is 14.4. The van der Waals surface area contributed by atoms with Gasteiger partial charge in [-0.15, -0.1) is 0 Å². The van der Waals surface area contributed by atoms with Gasteiger partial charge in [-0.25, -0.2) is 0 Å². The lowest BCUT2D eigenvalue weighted by Gasteiger charge is -2.27. The van der Waals surface area contributed by atoms with Gasteiger partial charge in [-0.2, -0.15) is 0 Å². The SMILES string of the molecule is NC1(C(=O)OCC2c3ccccc3-c3ccccc32)CCCC1C(=O)O. The maximum absolute atomic E-state index is 12.7. The molecule has 26 heavy (non-hydrogen) atoms. The highest BCUT2D eigenvalue weighted by Gasteiger charge is 2.51. The Hall–Kier alpha value is -2.66. The van der Waals surface area contributed by atoms with Crippen molar-refractivity contribution in [2.45, 2.75) is 30.7 Å². The normalized spacial score (nSPS) is 24.1. The molecule has 0 amide bonds. The standard InChI is InChI=1S/C21H21NO4/c22-21(11-5-10-18(21)19(23)24)20(25)26-12-17-15-8-3-1-6-13(15)14-7-2-4-9-16(14)17/h1-4,6-9,17-18H,5,10-12,22H2,(H,23,24). The Balaban J connectivity index is 1.57. The van der Waals surface area contributed by atoms with Crippen LogP contribution in [0.3, 0.4) is 0 Å². The van der Waals surface area contributed by atoms with Crippen molar-refractivity contribution in [3.05, 3.63) is 59.7 Å². The first kappa shape index (κ1) is 16.8. The van der Waals surface area contributed by atoms with E-state index in [-0.39, 0.29) is 12.5 Å². The second-order valence-electron chi connectivity index (χ2n) is 7.15. The molecule has 1 saturated carbocycles. The summed E-state index contributed by atoms with van der Waals surface area (Å²) in [6, 6.07) is 16.2. The van der Waals surface area contributed by atoms with Crippen molar-refractivity contribution in [1.82, 2.24) is 0 Å². The number of hydrogen-bond acceptors (Lipinski definition) is 4. The zero-order valence-corrected chi connectivity index (χ0v) is 14.4. The number of carboxylic acids is 1. The maximum Gasteiger partial charge on any atom is 0.327 e. The minimum absolute atomic E-state index is 0.0559. The number of carboxylic acid groups (broad SMARTS) is 1. The fraction of sp³-hybridized carbons (Fsp3) is 0.333. The van der Waals surface area contributed by atoms with Gasteiger partial charge in [0, 0.05) is 5.92 Å². The molecule has 0 aliphatic heterocycles. The van der Waals surface area contributed by atoms with E-state index in [2.05, 4.69) is 12.1 Å². The molecular weight excluding hydrogens is 330 g/mol. The van der Waals surface area contributed by atoms with E-state index < -0.39 is 23.4 Å². The molecule has 0 radical (unpaired) electrons. The second kappa shape index (κ2) is 6.25. The number of fused-ring (bicyclic) bond motifs is 3. The molecule has 2 aliphatic carbocycles. The smallest absolute Gasteiger partial charge is 0.327 e. The Kier molecular flexibility index (Phi) is 4.04. The van der Waals surface area contributed by atoms with Gasteiger partial charge in [0.05, 0.1) is 5.92 Å². The molecule has 0 saturated heterocycles. The number of rotatable bonds is 4. The van der Waals surface area contributed by atoms with Gasteiger partial charge >= 0.3 is 11.9 Å². The molecular formula is C21H21NO4. The minimum Gasteiger partial charge on any atom is -0.481 e. The second-order valence-corrected chi connectivity index (χ2v) is 7.15. The highest BCUT2D eigenvalue weighted by molar-refractivity contribution is 5.89. The summed E-state index contributed by atoms with van der Waals surface area (Å²) in [4.78, 5) is 24.1. The van der Waals surface area contributed by atoms with E-state index in [0.717, 1.165) is 22.3 Å². The van der Waals surface area contributed by atoms with Crippen molar-refractivity contribution in [2.24, 2.45) is 11.7 Å². The van der Waals surface area contributed by atoms with Crippen molar-refractivity contribution < 1.29 is 19.4 Å². The van der Waals surface area contributed by atoms with Crippen LogP contribution in [0.2, 0.25) is 0 Å². The molecule has 4 rings (SSSR count). The molecule has 134 valence electrons. The molecule has 2 aliphatic rings. The molecule has 1 fully saturated rings. The van der Waals surface area contributed by atoms with Crippen LogP contribution in [0.1, 0.15) is 36.3 Å². The predicted octanol–water partition coefficient (Wildman–Crippen LogP) is 2.92. The van der Waals surface area contributed by atoms with E-state index >= 15 is 0 Å². The van der Waals surface area contributed by atoms with Gasteiger partial charge in [0.2, 0.25) is 0 Å². The monoisotopic (exact) mass is 351 g/mol. The van der Waals surface area contributed by atoms with E-state index in [9.17, 15) is 14.7 Å². The molecule has 2 unspecified atom stereocenters. The van der Waals surface area contributed by atoms with Gasteiger partial charge in [-0.3, -0.25) is 9.59 Å². The fourth-order valence-corrected chi connectivity index (χ4v) is 4.35. The van der Waals surface area contributed by atoms with E-state index in [1.165, 1.54) is 0 Å². The average Bonchev–Trinajstić information content (AvgIpc) is 3.19. The van der Waals surface area contributed by atoms with E-state index in [0.29, 0.717) is 19.3 Å². The molecule has 0 spiro atoms. The number of carbonyl (C=O) groups excluding carboxylic acids is 1. The molecule has 2 aromatic carbocycles. The summed E-state index contributed by atoms with van der Waals surface area (Å²) in [5.74, 6) is -2.57. The third kappa shape index (κ3) is 2.51. The van der Waals surface area contributed by atoms with Crippen LogP contribution < -0.4 is 5.73 Å². The average molecular weight is 351 g/mol. The van der Waals surface area contributed by atoms with E-state index in [1.54, 1.807) is 0 Å². The third-order valence-corrected chi connectivity index (χ3v) is 5.73. The van der Waals surface area contributed by atoms with Crippen LogP contribution in [0.15, 0.2) is 48.5 Å². The predicted molar refractivity (Wildman–Crippen MR) is 96.6 cm³/mol. The van der Waals surface area contributed by atoms with E-state index in [4.69, 9.17) is 10.5 Å².